The predicted octanol–water partition coefficient (Wildman–Crippen LogP) is 5.40. The van der Waals surface area contributed by atoms with E-state index in [1.54, 1.807) is 4.57 Å². The molecule has 0 saturated carbocycles. The van der Waals surface area contributed by atoms with Gasteiger partial charge in [0.2, 0.25) is 5.88 Å². The molecule has 156 valence electrons. The van der Waals surface area contributed by atoms with Crippen LogP contribution in [0.5, 0.6) is 5.88 Å². The van der Waals surface area contributed by atoms with E-state index in [2.05, 4.69) is 10.3 Å². The Kier molecular flexibility index (Phi) is 6.84. The highest BCUT2D eigenvalue weighted by atomic mass is 32.1. The highest BCUT2D eigenvalue weighted by Crippen LogP contribution is 2.23. The fourth-order valence-corrected chi connectivity index (χ4v) is 3.71. The first-order valence-corrected chi connectivity index (χ1v) is 10.5. The molecule has 0 atom stereocenters. The van der Waals surface area contributed by atoms with E-state index in [0.717, 1.165) is 11.4 Å². The molecule has 0 radical (unpaired) electrons. The molecule has 3 rings (SSSR count). The molecule has 0 fully saturated rings. The van der Waals surface area contributed by atoms with Gasteiger partial charge in [-0.1, -0.05) is 25.1 Å². The molecule has 1 aromatic heterocycles. The van der Waals surface area contributed by atoms with Gasteiger partial charge in [-0.15, -0.1) is 0 Å². The van der Waals surface area contributed by atoms with Gasteiger partial charge in [-0.25, -0.2) is 0 Å². The maximum Gasteiger partial charge on any atom is 0.267 e. The summed E-state index contributed by atoms with van der Waals surface area (Å²) in [5.74, 6) is -0.125. The normalized spacial score (nSPS) is 11.5. The van der Waals surface area contributed by atoms with Crippen molar-refractivity contribution in [3.63, 3.8) is 0 Å². The van der Waals surface area contributed by atoms with Crippen molar-refractivity contribution in [3.05, 3.63) is 75.3 Å². The van der Waals surface area contributed by atoms with Crippen molar-refractivity contribution in [2.24, 2.45) is 4.99 Å². The van der Waals surface area contributed by atoms with Crippen LogP contribution in [-0.2, 0) is 13.1 Å². The smallest absolute Gasteiger partial charge is 0.267 e. The second-order valence-electron chi connectivity index (χ2n) is 6.72. The van der Waals surface area contributed by atoms with Crippen LogP contribution in [0.25, 0.3) is 0 Å². The summed E-state index contributed by atoms with van der Waals surface area (Å²) in [4.78, 5) is 17.7. The third-order valence-corrected chi connectivity index (χ3v) is 5.29. The molecule has 0 unspecified atom stereocenters. The van der Waals surface area contributed by atoms with Crippen LogP contribution in [0.4, 0.5) is 17.1 Å². The van der Waals surface area contributed by atoms with Crippen LogP contribution in [-0.4, -0.2) is 20.0 Å². The molecule has 0 aliphatic carbocycles. The molecule has 0 aliphatic rings. The van der Waals surface area contributed by atoms with Crippen LogP contribution in [0.2, 0.25) is 0 Å². The largest absolute Gasteiger partial charge is 0.494 e. The standard InChI is InChI=1S/C23H26N4O2S/c1-4-19(20-21(28)26(5-2)23(30)27(6-3)22(20)29)25-18-14-12-17(13-15-18)24-16-10-8-7-9-11-16/h7-15,24,28H,4-6H2,1-3H3. The first-order valence-electron chi connectivity index (χ1n) is 10.1. The van der Waals surface area contributed by atoms with Gasteiger partial charge in [0.25, 0.3) is 5.56 Å². The Morgan fingerprint density at radius 1 is 0.967 bits per heavy atom. The zero-order chi connectivity index (χ0) is 21.7. The number of hydrogen-bond acceptors (Lipinski definition) is 5. The minimum absolute atomic E-state index is 0.125. The molecule has 0 bridgehead atoms. The molecule has 2 aromatic carbocycles. The first kappa shape index (κ1) is 21.5. The lowest BCUT2D eigenvalue weighted by atomic mass is 10.1. The van der Waals surface area contributed by atoms with Gasteiger partial charge in [0.1, 0.15) is 5.56 Å². The van der Waals surface area contributed by atoms with Crippen molar-refractivity contribution in [1.29, 1.82) is 0 Å². The number of anilines is 2. The molecular formula is C23H26N4O2S. The molecule has 0 amide bonds. The molecule has 6 nitrogen and oxygen atoms in total. The van der Waals surface area contributed by atoms with Crippen LogP contribution in [0.1, 0.15) is 32.8 Å². The summed E-state index contributed by atoms with van der Waals surface area (Å²) in [7, 11) is 0. The van der Waals surface area contributed by atoms with E-state index < -0.39 is 0 Å². The number of aromatic hydroxyl groups is 1. The SMILES string of the molecule is CCC(=Nc1ccc(Nc2ccccc2)cc1)c1c(O)n(CC)c(=S)n(CC)c1=O. The van der Waals surface area contributed by atoms with Gasteiger partial charge in [0, 0.05) is 24.5 Å². The lowest BCUT2D eigenvalue weighted by Crippen LogP contribution is -2.30. The van der Waals surface area contributed by atoms with Crippen molar-refractivity contribution in [2.45, 2.75) is 40.3 Å². The Bertz CT molecular complexity index is 1160. The summed E-state index contributed by atoms with van der Waals surface area (Å²) in [5, 5.41) is 14.1. The summed E-state index contributed by atoms with van der Waals surface area (Å²) in [6.07, 6.45) is 0.497. The molecule has 30 heavy (non-hydrogen) atoms. The Morgan fingerprint density at radius 3 is 2.13 bits per heavy atom. The van der Waals surface area contributed by atoms with E-state index in [-0.39, 0.29) is 17.0 Å². The topological polar surface area (TPSA) is 71.6 Å². The molecule has 0 saturated heterocycles. The minimum atomic E-state index is -0.312. The first-order chi connectivity index (χ1) is 14.5. The average Bonchev–Trinajstić information content (AvgIpc) is 2.75. The van der Waals surface area contributed by atoms with E-state index in [1.807, 2.05) is 75.4 Å². The molecule has 7 heteroatoms. The fourth-order valence-electron chi connectivity index (χ4n) is 3.28. The second-order valence-corrected chi connectivity index (χ2v) is 7.09. The van der Waals surface area contributed by atoms with Crippen molar-refractivity contribution >= 4 is 35.0 Å². The molecular weight excluding hydrogens is 396 g/mol. The Balaban J connectivity index is 2.00. The number of aliphatic imine (C=N–C) groups is 1. The van der Waals surface area contributed by atoms with Crippen molar-refractivity contribution in [1.82, 2.24) is 9.13 Å². The molecule has 1 heterocycles. The van der Waals surface area contributed by atoms with Crippen molar-refractivity contribution in [3.8, 4) is 5.88 Å². The molecule has 2 N–H and O–H groups in total. The van der Waals surface area contributed by atoms with Crippen molar-refractivity contribution in [2.75, 3.05) is 5.32 Å². The quantitative estimate of drug-likeness (QED) is 0.395. The average molecular weight is 423 g/mol. The Labute approximate surface area is 181 Å². The van der Waals surface area contributed by atoms with Crippen LogP contribution in [0.3, 0.4) is 0 Å². The van der Waals surface area contributed by atoms with Gasteiger partial charge in [-0.3, -0.25) is 18.9 Å². The van der Waals surface area contributed by atoms with Gasteiger partial charge < -0.3 is 10.4 Å². The summed E-state index contributed by atoms with van der Waals surface area (Å²) < 4.78 is 3.37. The van der Waals surface area contributed by atoms with Crippen LogP contribution in [0, 0.1) is 4.77 Å². The summed E-state index contributed by atoms with van der Waals surface area (Å²) in [6.45, 7) is 6.55. The maximum atomic E-state index is 13.0. The van der Waals surface area contributed by atoms with Gasteiger partial charge in [0.05, 0.1) is 11.4 Å². The van der Waals surface area contributed by atoms with Crippen molar-refractivity contribution < 1.29 is 5.11 Å². The van der Waals surface area contributed by atoms with Crippen LogP contribution < -0.4 is 10.9 Å². The van der Waals surface area contributed by atoms with Crippen LogP contribution >= 0.6 is 12.2 Å². The third kappa shape index (κ3) is 4.36. The molecule has 0 aliphatic heterocycles. The van der Waals surface area contributed by atoms with Gasteiger partial charge in [-0.05, 0) is 68.9 Å². The van der Waals surface area contributed by atoms with Gasteiger partial charge in [-0.2, -0.15) is 0 Å². The number of rotatable bonds is 7. The lowest BCUT2D eigenvalue weighted by molar-refractivity contribution is 0.399. The summed E-state index contributed by atoms with van der Waals surface area (Å²) in [5.41, 5.74) is 3.07. The monoisotopic (exact) mass is 422 g/mol. The van der Waals surface area contributed by atoms with Gasteiger partial charge >= 0.3 is 0 Å². The minimum Gasteiger partial charge on any atom is -0.494 e. The number of benzene rings is 2. The van der Waals surface area contributed by atoms with E-state index >= 15 is 0 Å². The number of para-hydroxylation sites is 1. The zero-order valence-corrected chi connectivity index (χ0v) is 18.2. The summed E-state index contributed by atoms with van der Waals surface area (Å²) in [6, 6.07) is 17.5. The van der Waals surface area contributed by atoms with E-state index in [4.69, 9.17) is 12.2 Å². The highest BCUT2D eigenvalue weighted by Gasteiger charge is 2.19. The lowest BCUT2D eigenvalue weighted by Gasteiger charge is -2.16. The van der Waals surface area contributed by atoms with E-state index in [1.165, 1.54) is 4.57 Å². The fraction of sp³-hybridized carbons (Fsp3) is 0.261. The number of aromatic nitrogens is 2. The third-order valence-electron chi connectivity index (χ3n) is 4.85. The Hall–Kier alpha value is -3.19. The zero-order valence-electron chi connectivity index (χ0n) is 17.4. The number of nitrogens with one attached hydrogen (secondary N) is 1. The van der Waals surface area contributed by atoms with E-state index in [9.17, 15) is 9.90 Å². The second kappa shape index (κ2) is 9.54. The van der Waals surface area contributed by atoms with Crippen LogP contribution in [0.15, 0.2) is 64.4 Å². The highest BCUT2D eigenvalue weighted by molar-refractivity contribution is 7.71. The predicted molar refractivity (Wildman–Crippen MR) is 125 cm³/mol. The molecule has 3 aromatic rings. The molecule has 0 spiro atoms. The summed E-state index contributed by atoms with van der Waals surface area (Å²) >= 11 is 5.36. The maximum absolute atomic E-state index is 13.0. The van der Waals surface area contributed by atoms with E-state index in [0.29, 0.717) is 35.7 Å². The number of nitrogens with zero attached hydrogens (tertiary/aromatic N) is 3. The number of hydrogen-bond donors (Lipinski definition) is 2. The van der Waals surface area contributed by atoms with Gasteiger partial charge in [0.15, 0.2) is 4.77 Å². The Morgan fingerprint density at radius 2 is 1.57 bits per heavy atom.